The maximum atomic E-state index is 12.1. The molecule has 1 rings (SSSR count). The van der Waals surface area contributed by atoms with Crippen LogP contribution in [0.4, 0.5) is 0 Å². The van der Waals surface area contributed by atoms with Gasteiger partial charge >= 0.3 is 0 Å². The van der Waals surface area contributed by atoms with E-state index in [9.17, 15) is 4.79 Å². The number of amides is 1. The van der Waals surface area contributed by atoms with Gasteiger partial charge in [-0.3, -0.25) is 4.79 Å². The van der Waals surface area contributed by atoms with Crippen molar-refractivity contribution in [3.8, 4) is 0 Å². The third-order valence-corrected chi connectivity index (χ3v) is 3.43. The SMILES string of the molecule is CCC(CC)NC(=O)c1c(C)cccc1Br. The Labute approximate surface area is 106 Å². The van der Waals surface area contributed by atoms with E-state index in [1.807, 2.05) is 25.1 Å². The van der Waals surface area contributed by atoms with Crippen LogP contribution in [0.3, 0.4) is 0 Å². The Balaban J connectivity index is 2.88. The Kier molecular flexibility index (Phi) is 5.00. The molecule has 0 spiro atoms. The third-order valence-electron chi connectivity index (χ3n) is 2.77. The summed E-state index contributed by atoms with van der Waals surface area (Å²) in [6, 6.07) is 6.05. The van der Waals surface area contributed by atoms with Crippen molar-refractivity contribution in [1.29, 1.82) is 0 Å². The van der Waals surface area contributed by atoms with Crippen molar-refractivity contribution in [2.24, 2.45) is 0 Å². The van der Waals surface area contributed by atoms with Gasteiger partial charge < -0.3 is 5.32 Å². The molecular weight excluding hydrogens is 266 g/mol. The molecule has 0 aliphatic heterocycles. The quantitative estimate of drug-likeness (QED) is 0.898. The molecule has 1 aromatic carbocycles. The highest BCUT2D eigenvalue weighted by molar-refractivity contribution is 9.10. The summed E-state index contributed by atoms with van der Waals surface area (Å²) in [6.45, 7) is 6.12. The minimum Gasteiger partial charge on any atom is -0.349 e. The Bertz CT molecular complexity index is 352. The van der Waals surface area contributed by atoms with Crippen molar-refractivity contribution >= 4 is 21.8 Å². The second-order valence-electron chi connectivity index (χ2n) is 3.92. The molecular formula is C13H18BrNO. The summed E-state index contributed by atoms with van der Waals surface area (Å²) < 4.78 is 0.857. The predicted octanol–water partition coefficient (Wildman–Crippen LogP) is 3.68. The van der Waals surface area contributed by atoms with Crippen molar-refractivity contribution < 1.29 is 4.79 Å². The van der Waals surface area contributed by atoms with Crippen LogP contribution in [0.25, 0.3) is 0 Å². The molecule has 0 fully saturated rings. The molecule has 0 aliphatic carbocycles. The van der Waals surface area contributed by atoms with E-state index in [-0.39, 0.29) is 11.9 Å². The molecule has 0 radical (unpaired) electrons. The molecule has 1 N–H and O–H groups in total. The smallest absolute Gasteiger partial charge is 0.252 e. The average Bonchev–Trinajstić information content (AvgIpc) is 2.25. The topological polar surface area (TPSA) is 29.1 Å². The molecule has 0 bridgehead atoms. The molecule has 3 heteroatoms. The average molecular weight is 284 g/mol. The first-order valence-corrected chi connectivity index (χ1v) is 6.45. The standard InChI is InChI=1S/C13H18BrNO/c1-4-10(5-2)15-13(16)12-9(3)7-6-8-11(12)14/h6-8,10H,4-5H2,1-3H3,(H,15,16). The molecule has 0 aliphatic rings. The largest absolute Gasteiger partial charge is 0.349 e. The normalized spacial score (nSPS) is 10.6. The van der Waals surface area contributed by atoms with E-state index in [4.69, 9.17) is 0 Å². The zero-order valence-electron chi connectivity index (χ0n) is 10.0. The van der Waals surface area contributed by atoms with E-state index in [1.165, 1.54) is 0 Å². The van der Waals surface area contributed by atoms with Gasteiger partial charge in [0.2, 0.25) is 0 Å². The van der Waals surface area contributed by atoms with E-state index < -0.39 is 0 Å². The highest BCUT2D eigenvalue weighted by atomic mass is 79.9. The number of rotatable bonds is 4. The van der Waals surface area contributed by atoms with Crippen LogP contribution in [-0.2, 0) is 0 Å². The van der Waals surface area contributed by atoms with Gasteiger partial charge in [-0.05, 0) is 47.3 Å². The Morgan fingerprint density at radius 1 is 1.38 bits per heavy atom. The number of benzene rings is 1. The van der Waals surface area contributed by atoms with Gasteiger partial charge in [0, 0.05) is 10.5 Å². The second-order valence-corrected chi connectivity index (χ2v) is 4.77. The van der Waals surface area contributed by atoms with Gasteiger partial charge in [-0.25, -0.2) is 0 Å². The summed E-state index contributed by atoms with van der Waals surface area (Å²) in [5.41, 5.74) is 1.74. The monoisotopic (exact) mass is 283 g/mol. The molecule has 88 valence electrons. The Hall–Kier alpha value is -0.830. The van der Waals surface area contributed by atoms with E-state index in [1.54, 1.807) is 0 Å². The van der Waals surface area contributed by atoms with Gasteiger partial charge in [-0.1, -0.05) is 26.0 Å². The van der Waals surface area contributed by atoms with Crippen molar-refractivity contribution in [3.63, 3.8) is 0 Å². The van der Waals surface area contributed by atoms with E-state index in [2.05, 4.69) is 35.1 Å². The summed E-state index contributed by atoms with van der Waals surface area (Å²) in [5, 5.41) is 3.05. The Morgan fingerprint density at radius 2 is 2.00 bits per heavy atom. The van der Waals surface area contributed by atoms with Gasteiger partial charge in [0.25, 0.3) is 5.91 Å². The van der Waals surface area contributed by atoms with Crippen LogP contribution in [0.5, 0.6) is 0 Å². The number of halogens is 1. The number of carbonyl (C=O) groups is 1. The second kappa shape index (κ2) is 6.04. The van der Waals surface area contributed by atoms with Gasteiger partial charge in [0.05, 0.1) is 5.56 Å². The van der Waals surface area contributed by atoms with Crippen LogP contribution in [0.2, 0.25) is 0 Å². The molecule has 0 saturated carbocycles. The van der Waals surface area contributed by atoms with Crippen molar-refractivity contribution in [3.05, 3.63) is 33.8 Å². The number of nitrogens with one attached hydrogen (secondary N) is 1. The fraction of sp³-hybridized carbons (Fsp3) is 0.462. The number of carbonyl (C=O) groups excluding carboxylic acids is 1. The number of aryl methyl sites for hydroxylation is 1. The minimum atomic E-state index is 0.0127. The lowest BCUT2D eigenvalue weighted by atomic mass is 10.1. The van der Waals surface area contributed by atoms with Gasteiger partial charge in [-0.15, -0.1) is 0 Å². The number of hydrogen-bond donors (Lipinski definition) is 1. The molecule has 2 nitrogen and oxygen atoms in total. The molecule has 1 amide bonds. The maximum Gasteiger partial charge on any atom is 0.252 e. The fourth-order valence-electron chi connectivity index (χ4n) is 1.67. The van der Waals surface area contributed by atoms with E-state index in [0.717, 1.165) is 28.4 Å². The molecule has 0 saturated heterocycles. The highest BCUT2D eigenvalue weighted by Crippen LogP contribution is 2.20. The van der Waals surface area contributed by atoms with Crippen LogP contribution in [-0.4, -0.2) is 11.9 Å². The maximum absolute atomic E-state index is 12.1. The zero-order valence-corrected chi connectivity index (χ0v) is 11.6. The van der Waals surface area contributed by atoms with Crippen LogP contribution in [0.15, 0.2) is 22.7 Å². The first-order valence-electron chi connectivity index (χ1n) is 5.66. The lowest BCUT2D eigenvalue weighted by molar-refractivity contribution is 0.0933. The summed E-state index contributed by atoms with van der Waals surface area (Å²) >= 11 is 3.42. The fourth-order valence-corrected chi connectivity index (χ4v) is 2.32. The Morgan fingerprint density at radius 3 is 2.50 bits per heavy atom. The lowest BCUT2D eigenvalue weighted by Crippen LogP contribution is -2.34. The molecule has 0 heterocycles. The van der Waals surface area contributed by atoms with Crippen LogP contribution >= 0.6 is 15.9 Å². The van der Waals surface area contributed by atoms with Crippen LogP contribution in [0.1, 0.15) is 42.6 Å². The molecule has 16 heavy (non-hydrogen) atoms. The minimum absolute atomic E-state index is 0.0127. The third kappa shape index (κ3) is 3.08. The highest BCUT2D eigenvalue weighted by Gasteiger charge is 2.15. The van der Waals surface area contributed by atoms with Crippen LogP contribution in [0, 0.1) is 6.92 Å². The van der Waals surface area contributed by atoms with Gasteiger partial charge in [-0.2, -0.15) is 0 Å². The molecule has 1 aromatic rings. The van der Waals surface area contributed by atoms with Crippen molar-refractivity contribution in [1.82, 2.24) is 5.32 Å². The zero-order chi connectivity index (χ0) is 12.1. The van der Waals surface area contributed by atoms with Crippen molar-refractivity contribution in [2.45, 2.75) is 39.7 Å². The summed E-state index contributed by atoms with van der Waals surface area (Å²) in [5.74, 6) is 0.0127. The molecule has 0 unspecified atom stereocenters. The summed E-state index contributed by atoms with van der Waals surface area (Å²) in [4.78, 5) is 12.1. The van der Waals surface area contributed by atoms with Gasteiger partial charge in [0.15, 0.2) is 0 Å². The number of hydrogen-bond acceptors (Lipinski definition) is 1. The van der Waals surface area contributed by atoms with E-state index >= 15 is 0 Å². The first kappa shape index (κ1) is 13.2. The van der Waals surface area contributed by atoms with Crippen LogP contribution < -0.4 is 5.32 Å². The lowest BCUT2D eigenvalue weighted by Gasteiger charge is -2.16. The summed E-state index contributed by atoms with van der Waals surface area (Å²) in [6.07, 6.45) is 1.93. The molecule has 0 aromatic heterocycles. The first-order chi connectivity index (χ1) is 7.60. The predicted molar refractivity (Wildman–Crippen MR) is 70.7 cm³/mol. The van der Waals surface area contributed by atoms with Gasteiger partial charge in [0.1, 0.15) is 0 Å². The van der Waals surface area contributed by atoms with E-state index in [0.29, 0.717) is 0 Å². The summed E-state index contributed by atoms with van der Waals surface area (Å²) in [7, 11) is 0. The molecule has 0 atom stereocenters. The van der Waals surface area contributed by atoms with Crippen molar-refractivity contribution in [2.75, 3.05) is 0 Å².